The average Bonchev–Trinajstić information content (AvgIpc) is 1.93. The maximum atomic E-state index is 6.35. The van der Waals surface area contributed by atoms with E-state index in [1.165, 1.54) is 0 Å². The van der Waals surface area contributed by atoms with Crippen molar-refractivity contribution in [2.75, 3.05) is 0 Å². The second kappa shape index (κ2) is 22.6. The summed E-state index contributed by atoms with van der Waals surface area (Å²) in [6.45, 7) is 4.06. The molecule has 0 saturated heterocycles. The van der Waals surface area contributed by atoms with Gasteiger partial charge in [-0.2, -0.15) is 0 Å². The third kappa shape index (κ3) is 42.7. The zero-order valence-electron chi connectivity index (χ0n) is 7.14. The molecule has 0 aliphatic heterocycles. The maximum Gasteiger partial charge on any atom is 2.00 e. The van der Waals surface area contributed by atoms with Gasteiger partial charge in [0.05, 0.1) is 0 Å². The van der Waals surface area contributed by atoms with E-state index in [2.05, 4.69) is 11.8 Å². The second-order valence-corrected chi connectivity index (χ2v) is 1.85. The Bertz CT molecular complexity index is 97.8. The summed E-state index contributed by atoms with van der Waals surface area (Å²) in [7, 11) is 0. The van der Waals surface area contributed by atoms with Gasteiger partial charge < -0.3 is 24.7 Å². The first-order chi connectivity index (χ1) is 4.83. The van der Waals surface area contributed by atoms with E-state index in [1.807, 2.05) is 13.8 Å². The minimum absolute atomic E-state index is 0. The van der Waals surface area contributed by atoms with Crippen LogP contribution in [0.3, 0.4) is 0 Å². The average molecular weight is 193 g/mol. The van der Waals surface area contributed by atoms with Crippen LogP contribution in [-0.4, -0.2) is 0 Å². The summed E-state index contributed by atoms with van der Waals surface area (Å²) in [5.74, 6) is 4.53. The SMILES string of the molecule is [C-]#CCCC.[C-]#CCCC.[Ni+2]. The van der Waals surface area contributed by atoms with E-state index in [0.717, 1.165) is 25.7 Å². The van der Waals surface area contributed by atoms with E-state index in [9.17, 15) is 0 Å². The Morgan fingerprint density at radius 1 is 0.909 bits per heavy atom. The predicted molar refractivity (Wildman–Crippen MR) is 44.1 cm³/mol. The van der Waals surface area contributed by atoms with Crippen molar-refractivity contribution in [1.82, 2.24) is 0 Å². The van der Waals surface area contributed by atoms with Gasteiger partial charge in [0.2, 0.25) is 0 Å². The Morgan fingerprint density at radius 2 is 1.18 bits per heavy atom. The molecule has 0 aliphatic carbocycles. The van der Waals surface area contributed by atoms with Crippen LogP contribution in [-0.2, 0) is 16.5 Å². The molecule has 0 aromatic rings. The predicted octanol–water partition coefficient (Wildman–Crippen LogP) is 2.75. The first kappa shape index (κ1) is 16.9. The van der Waals surface area contributed by atoms with Crippen LogP contribution in [0.4, 0.5) is 0 Å². The first-order valence-corrected chi connectivity index (χ1v) is 3.62. The summed E-state index contributed by atoms with van der Waals surface area (Å²) in [5, 5.41) is 0. The molecule has 0 N–H and O–H groups in total. The Balaban J connectivity index is -0.000000107. The number of hydrogen-bond acceptors (Lipinski definition) is 0. The minimum Gasteiger partial charge on any atom is -0.694 e. The van der Waals surface area contributed by atoms with Gasteiger partial charge in [-0.05, 0) is 25.7 Å². The fraction of sp³-hybridized carbons (Fsp3) is 0.600. The van der Waals surface area contributed by atoms with Crippen molar-refractivity contribution in [3.8, 4) is 11.8 Å². The Hall–Kier alpha value is -0.386. The number of unbranched alkanes of at least 4 members (excludes halogenated alkanes) is 2. The molecule has 1 heteroatoms. The molecule has 0 rings (SSSR count). The van der Waals surface area contributed by atoms with Crippen LogP contribution >= 0.6 is 0 Å². The minimum atomic E-state index is 0. The monoisotopic (exact) mass is 192 g/mol. The van der Waals surface area contributed by atoms with E-state index in [1.54, 1.807) is 0 Å². The van der Waals surface area contributed by atoms with Crippen LogP contribution in [0.25, 0.3) is 0 Å². The molecule has 0 fully saturated rings. The summed E-state index contributed by atoms with van der Waals surface area (Å²) in [6, 6.07) is 0. The smallest absolute Gasteiger partial charge is 0.694 e. The molecule has 0 aromatic carbocycles. The van der Waals surface area contributed by atoms with Gasteiger partial charge >= 0.3 is 16.5 Å². The topological polar surface area (TPSA) is 0 Å². The summed E-state index contributed by atoms with van der Waals surface area (Å²) >= 11 is 0. The maximum absolute atomic E-state index is 6.35. The van der Waals surface area contributed by atoms with E-state index < -0.39 is 0 Å². The molecule has 0 aromatic heterocycles. The van der Waals surface area contributed by atoms with Crippen LogP contribution in [0.1, 0.15) is 39.5 Å². The molecule has 11 heavy (non-hydrogen) atoms. The zero-order chi connectivity index (χ0) is 8.24. The summed E-state index contributed by atoms with van der Waals surface area (Å²) in [4.78, 5) is 0. The van der Waals surface area contributed by atoms with Gasteiger partial charge in [-0.3, -0.25) is 0 Å². The summed E-state index contributed by atoms with van der Waals surface area (Å²) in [5.41, 5.74) is 0. The van der Waals surface area contributed by atoms with Gasteiger partial charge in [0.25, 0.3) is 0 Å². The summed E-state index contributed by atoms with van der Waals surface area (Å²) < 4.78 is 0. The molecule has 0 spiro atoms. The van der Waals surface area contributed by atoms with Crippen molar-refractivity contribution in [1.29, 1.82) is 0 Å². The first-order valence-electron chi connectivity index (χ1n) is 3.62. The van der Waals surface area contributed by atoms with Gasteiger partial charge in [-0.1, -0.05) is 13.8 Å². The molecule has 0 heterocycles. The van der Waals surface area contributed by atoms with Crippen molar-refractivity contribution >= 4 is 0 Å². The molecule has 0 atom stereocenters. The Kier molecular flexibility index (Phi) is 34.8. The van der Waals surface area contributed by atoms with E-state index in [4.69, 9.17) is 12.8 Å². The van der Waals surface area contributed by atoms with Gasteiger partial charge in [0.1, 0.15) is 0 Å². The zero-order valence-corrected chi connectivity index (χ0v) is 8.13. The molecular formula is C10H14Ni. The van der Waals surface area contributed by atoms with Crippen molar-refractivity contribution in [3.63, 3.8) is 0 Å². The van der Waals surface area contributed by atoms with E-state index in [-0.39, 0.29) is 16.5 Å². The third-order valence-electron chi connectivity index (χ3n) is 0.750. The van der Waals surface area contributed by atoms with Crippen molar-refractivity contribution in [2.45, 2.75) is 39.5 Å². The molecule has 0 saturated carbocycles. The fourth-order valence-corrected chi connectivity index (χ4v) is 0.250. The molecule has 0 radical (unpaired) electrons. The van der Waals surface area contributed by atoms with E-state index >= 15 is 0 Å². The Morgan fingerprint density at radius 3 is 1.18 bits per heavy atom. The molecule has 0 aliphatic rings. The van der Waals surface area contributed by atoms with Crippen LogP contribution in [0.5, 0.6) is 0 Å². The molecule has 0 bridgehead atoms. The van der Waals surface area contributed by atoms with Crippen molar-refractivity contribution < 1.29 is 16.5 Å². The molecule has 64 valence electrons. The molecular weight excluding hydrogens is 179 g/mol. The van der Waals surface area contributed by atoms with Crippen LogP contribution in [0, 0.1) is 24.7 Å². The van der Waals surface area contributed by atoms with Crippen LogP contribution in [0.2, 0.25) is 0 Å². The molecule has 0 amide bonds. The largest absolute Gasteiger partial charge is 2.00 e. The standard InChI is InChI=1S/2C5H7.Ni/c2*1-3-5-4-2;/h2*3,5H2,1H3;/q2*-1;+2. The van der Waals surface area contributed by atoms with Crippen molar-refractivity contribution in [2.24, 2.45) is 0 Å². The van der Waals surface area contributed by atoms with Gasteiger partial charge in [-0.15, -0.1) is 0 Å². The van der Waals surface area contributed by atoms with Gasteiger partial charge in [-0.25, -0.2) is 0 Å². The Labute approximate surface area is 81.1 Å². The third-order valence-corrected chi connectivity index (χ3v) is 0.750. The van der Waals surface area contributed by atoms with Crippen molar-refractivity contribution in [3.05, 3.63) is 12.8 Å². The normalized spacial score (nSPS) is 5.82. The fourth-order valence-electron chi connectivity index (χ4n) is 0.250. The quantitative estimate of drug-likeness (QED) is 0.359. The van der Waals surface area contributed by atoms with Gasteiger partial charge in [0.15, 0.2) is 0 Å². The van der Waals surface area contributed by atoms with E-state index in [0.29, 0.717) is 0 Å². The molecule has 0 unspecified atom stereocenters. The second-order valence-electron chi connectivity index (χ2n) is 1.85. The summed E-state index contributed by atoms with van der Waals surface area (Å²) in [6.07, 6.45) is 16.4. The van der Waals surface area contributed by atoms with Crippen LogP contribution in [0.15, 0.2) is 0 Å². The van der Waals surface area contributed by atoms with Crippen LogP contribution < -0.4 is 0 Å². The number of hydrogen-bond donors (Lipinski definition) is 0. The number of rotatable bonds is 2. The molecule has 0 nitrogen and oxygen atoms in total. The van der Waals surface area contributed by atoms with Gasteiger partial charge in [0, 0.05) is 0 Å².